The van der Waals surface area contributed by atoms with Gasteiger partial charge in [0.25, 0.3) is 5.91 Å². The number of hydrogen-bond donors (Lipinski definition) is 0. The number of nitrogens with zero attached hydrogens (tertiary/aromatic N) is 1. The molecule has 1 aliphatic heterocycles. The second-order valence-electron chi connectivity index (χ2n) is 3.97. The average Bonchev–Trinajstić information content (AvgIpc) is 2.89. The number of hydroxylamine groups is 2. The fourth-order valence-corrected chi connectivity index (χ4v) is 2.55. The number of rotatable bonds is 5. The van der Waals surface area contributed by atoms with Gasteiger partial charge in [-0.05, 0) is 24.2 Å². The Balaban J connectivity index is 1.61. The van der Waals surface area contributed by atoms with Gasteiger partial charge in [0.15, 0.2) is 0 Å². The van der Waals surface area contributed by atoms with Gasteiger partial charge in [0.1, 0.15) is 0 Å². The van der Waals surface area contributed by atoms with Crippen LogP contribution in [0.1, 0.15) is 12.0 Å². The molecule has 1 heterocycles. The predicted octanol–water partition coefficient (Wildman–Crippen LogP) is 2.13. The smallest absolute Gasteiger partial charge is 0.256 e. The molecule has 0 spiro atoms. The lowest BCUT2D eigenvalue weighted by Crippen LogP contribution is -2.28. The van der Waals surface area contributed by atoms with Crippen molar-refractivity contribution in [2.75, 3.05) is 24.7 Å². The van der Waals surface area contributed by atoms with Crippen LogP contribution in [0.3, 0.4) is 0 Å². The molecule has 1 aromatic carbocycles. The van der Waals surface area contributed by atoms with Crippen LogP contribution >= 0.6 is 11.8 Å². The molecule has 0 N–H and O–H groups in total. The Kier molecular flexibility index (Phi) is 4.88. The minimum atomic E-state index is 0.0977. The molecule has 0 atom stereocenters. The average molecular weight is 251 g/mol. The Morgan fingerprint density at radius 2 is 2.18 bits per heavy atom. The molecule has 1 amide bonds. The molecule has 1 saturated heterocycles. The van der Waals surface area contributed by atoms with Crippen molar-refractivity contribution in [2.45, 2.75) is 12.8 Å². The topological polar surface area (TPSA) is 29.5 Å². The molecule has 0 saturated carbocycles. The third-order valence-corrected chi connectivity index (χ3v) is 3.58. The molecule has 3 nitrogen and oxygen atoms in total. The van der Waals surface area contributed by atoms with Crippen LogP contribution in [0.15, 0.2) is 30.3 Å². The summed E-state index contributed by atoms with van der Waals surface area (Å²) in [5.41, 5.74) is 1.32. The van der Waals surface area contributed by atoms with Crippen LogP contribution < -0.4 is 0 Å². The summed E-state index contributed by atoms with van der Waals surface area (Å²) in [5.74, 6) is 1.59. The first-order valence-electron chi connectivity index (χ1n) is 5.91. The first kappa shape index (κ1) is 12.5. The lowest BCUT2D eigenvalue weighted by molar-refractivity contribution is -0.165. The number of thioether (sulfide) groups is 1. The molecule has 17 heavy (non-hydrogen) atoms. The zero-order chi connectivity index (χ0) is 11.9. The molecule has 0 aromatic heterocycles. The second-order valence-corrected chi connectivity index (χ2v) is 5.08. The summed E-state index contributed by atoms with van der Waals surface area (Å²) in [6.45, 7) is 1.43. The molecule has 0 aliphatic carbocycles. The van der Waals surface area contributed by atoms with Crippen LogP contribution in [0.25, 0.3) is 0 Å². The summed E-state index contributed by atoms with van der Waals surface area (Å²) in [6.07, 6.45) is 1.97. The lowest BCUT2D eigenvalue weighted by atomic mass is 10.2. The number of aryl methyl sites for hydroxylation is 1. The van der Waals surface area contributed by atoms with E-state index < -0.39 is 0 Å². The third-order valence-electron chi connectivity index (χ3n) is 2.63. The second kappa shape index (κ2) is 6.67. The van der Waals surface area contributed by atoms with Crippen molar-refractivity contribution in [3.63, 3.8) is 0 Å². The summed E-state index contributed by atoms with van der Waals surface area (Å²) in [7, 11) is 0. The summed E-state index contributed by atoms with van der Waals surface area (Å²) in [6, 6.07) is 10.3. The van der Waals surface area contributed by atoms with Crippen LogP contribution in [0.4, 0.5) is 0 Å². The van der Waals surface area contributed by atoms with E-state index in [4.69, 9.17) is 4.84 Å². The number of hydrogen-bond acceptors (Lipinski definition) is 3. The van der Waals surface area contributed by atoms with Gasteiger partial charge in [-0.25, -0.2) is 5.06 Å². The largest absolute Gasteiger partial charge is 0.272 e. The Morgan fingerprint density at radius 3 is 2.88 bits per heavy atom. The molecule has 1 fully saturated rings. The van der Waals surface area contributed by atoms with Gasteiger partial charge in [0.2, 0.25) is 0 Å². The van der Waals surface area contributed by atoms with Gasteiger partial charge in [-0.15, -0.1) is 0 Å². The Bertz CT molecular complexity index is 350. The standard InChI is InChI=1S/C13H17NO2S/c15-13(14-8-4-9-16-14)11-17-10-7-12-5-2-1-3-6-12/h1-3,5-6H,4,7-11H2. The molecule has 2 rings (SSSR count). The van der Waals surface area contributed by atoms with Crippen LogP contribution in [0.5, 0.6) is 0 Å². The van der Waals surface area contributed by atoms with E-state index in [1.807, 2.05) is 18.2 Å². The molecule has 4 heteroatoms. The molecule has 0 unspecified atom stereocenters. The SMILES string of the molecule is O=C(CSCCc1ccccc1)N1CCCO1. The quantitative estimate of drug-likeness (QED) is 0.751. The van der Waals surface area contributed by atoms with Crippen LogP contribution in [0.2, 0.25) is 0 Å². The van der Waals surface area contributed by atoms with Crippen molar-refractivity contribution in [3.8, 4) is 0 Å². The zero-order valence-electron chi connectivity index (χ0n) is 9.80. The van der Waals surface area contributed by atoms with Crippen LogP contribution in [-0.4, -0.2) is 35.6 Å². The fraction of sp³-hybridized carbons (Fsp3) is 0.462. The normalized spacial score (nSPS) is 15.2. The number of benzene rings is 1. The van der Waals surface area contributed by atoms with Crippen molar-refractivity contribution in [1.82, 2.24) is 5.06 Å². The van der Waals surface area contributed by atoms with Crippen LogP contribution in [0, 0.1) is 0 Å². The highest BCUT2D eigenvalue weighted by atomic mass is 32.2. The molecule has 1 aromatic rings. The van der Waals surface area contributed by atoms with Crippen molar-refractivity contribution < 1.29 is 9.63 Å². The Labute approximate surface area is 106 Å². The van der Waals surface area contributed by atoms with E-state index in [0.29, 0.717) is 12.4 Å². The first-order valence-corrected chi connectivity index (χ1v) is 7.07. The number of carbonyl (C=O) groups excluding carboxylic acids is 1. The van der Waals surface area contributed by atoms with Gasteiger partial charge in [-0.1, -0.05) is 30.3 Å². The van der Waals surface area contributed by atoms with E-state index in [9.17, 15) is 4.79 Å². The fourth-order valence-electron chi connectivity index (χ4n) is 1.71. The molecular weight excluding hydrogens is 234 g/mol. The summed E-state index contributed by atoms with van der Waals surface area (Å²) in [4.78, 5) is 16.8. The molecule has 0 radical (unpaired) electrons. The van der Waals surface area contributed by atoms with Crippen LogP contribution in [-0.2, 0) is 16.1 Å². The van der Waals surface area contributed by atoms with Gasteiger partial charge in [-0.3, -0.25) is 9.63 Å². The van der Waals surface area contributed by atoms with E-state index >= 15 is 0 Å². The maximum absolute atomic E-state index is 11.6. The van der Waals surface area contributed by atoms with Crippen molar-refractivity contribution in [2.24, 2.45) is 0 Å². The highest BCUT2D eigenvalue weighted by molar-refractivity contribution is 7.99. The predicted molar refractivity (Wildman–Crippen MR) is 69.8 cm³/mol. The summed E-state index contributed by atoms with van der Waals surface area (Å²) < 4.78 is 0. The maximum atomic E-state index is 11.6. The van der Waals surface area contributed by atoms with E-state index in [-0.39, 0.29) is 5.91 Å². The molecule has 0 bridgehead atoms. The number of carbonyl (C=O) groups is 1. The lowest BCUT2D eigenvalue weighted by Gasteiger charge is -2.13. The highest BCUT2D eigenvalue weighted by Crippen LogP contribution is 2.10. The van der Waals surface area contributed by atoms with Gasteiger partial charge < -0.3 is 0 Å². The van der Waals surface area contributed by atoms with Gasteiger partial charge in [0.05, 0.1) is 18.9 Å². The monoisotopic (exact) mass is 251 g/mol. The molecular formula is C13H17NO2S. The maximum Gasteiger partial charge on any atom is 0.256 e. The van der Waals surface area contributed by atoms with Crippen molar-refractivity contribution >= 4 is 17.7 Å². The van der Waals surface area contributed by atoms with E-state index in [1.54, 1.807) is 11.8 Å². The minimum absolute atomic E-state index is 0.0977. The summed E-state index contributed by atoms with van der Waals surface area (Å²) in [5, 5.41) is 1.50. The first-order chi connectivity index (χ1) is 8.36. The van der Waals surface area contributed by atoms with Crippen molar-refractivity contribution in [1.29, 1.82) is 0 Å². The van der Waals surface area contributed by atoms with E-state index in [0.717, 1.165) is 25.1 Å². The molecule has 92 valence electrons. The Hall–Kier alpha value is -1.00. The van der Waals surface area contributed by atoms with Gasteiger partial charge in [0, 0.05) is 0 Å². The van der Waals surface area contributed by atoms with Crippen molar-refractivity contribution in [3.05, 3.63) is 35.9 Å². The van der Waals surface area contributed by atoms with E-state index in [2.05, 4.69) is 12.1 Å². The van der Waals surface area contributed by atoms with Gasteiger partial charge in [-0.2, -0.15) is 11.8 Å². The third kappa shape index (κ3) is 4.06. The summed E-state index contributed by atoms with van der Waals surface area (Å²) >= 11 is 1.67. The van der Waals surface area contributed by atoms with Gasteiger partial charge >= 0.3 is 0 Å². The highest BCUT2D eigenvalue weighted by Gasteiger charge is 2.18. The zero-order valence-corrected chi connectivity index (χ0v) is 10.6. The van der Waals surface area contributed by atoms with E-state index in [1.165, 1.54) is 10.6 Å². The molecule has 1 aliphatic rings. The number of amides is 1. The Morgan fingerprint density at radius 1 is 1.35 bits per heavy atom. The minimum Gasteiger partial charge on any atom is -0.272 e.